The van der Waals surface area contributed by atoms with Crippen molar-refractivity contribution in [1.29, 1.82) is 0 Å². The Morgan fingerprint density at radius 1 is 1.35 bits per heavy atom. The summed E-state index contributed by atoms with van der Waals surface area (Å²) in [6.07, 6.45) is -4.47. The van der Waals surface area contributed by atoms with Crippen LogP contribution in [0.5, 0.6) is 0 Å². The fourth-order valence-corrected chi connectivity index (χ4v) is 1.35. The number of benzene rings is 1. The van der Waals surface area contributed by atoms with Crippen LogP contribution in [0.2, 0.25) is 0 Å². The van der Waals surface area contributed by atoms with E-state index in [0.29, 0.717) is 6.61 Å². The minimum absolute atomic E-state index is 0.110. The van der Waals surface area contributed by atoms with Crippen molar-refractivity contribution in [3.05, 3.63) is 23.8 Å². The van der Waals surface area contributed by atoms with Crippen molar-refractivity contribution in [3.8, 4) is 0 Å². The van der Waals surface area contributed by atoms with E-state index in [-0.39, 0.29) is 24.6 Å². The first-order valence-corrected chi connectivity index (χ1v) is 5.68. The zero-order chi connectivity index (χ0) is 15.2. The summed E-state index contributed by atoms with van der Waals surface area (Å²) >= 11 is 0. The van der Waals surface area contributed by atoms with Crippen LogP contribution >= 0.6 is 0 Å². The van der Waals surface area contributed by atoms with E-state index in [1.165, 1.54) is 7.11 Å². The topological polar surface area (TPSA) is 73.6 Å². The Labute approximate surface area is 113 Å². The lowest BCUT2D eigenvalue weighted by Gasteiger charge is -2.12. The van der Waals surface area contributed by atoms with E-state index >= 15 is 0 Å². The largest absolute Gasteiger partial charge is 0.416 e. The van der Waals surface area contributed by atoms with Gasteiger partial charge in [0.2, 0.25) is 5.91 Å². The highest BCUT2D eigenvalue weighted by Crippen LogP contribution is 2.32. The molecule has 3 N–H and O–H groups in total. The molecule has 0 heterocycles. The summed E-state index contributed by atoms with van der Waals surface area (Å²) in [6, 6.07) is 2.71. The lowest BCUT2D eigenvalue weighted by atomic mass is 10.1. The standard InChI is InChI=1S/C12H15F3N2O3/c1-19-4-5-20-7-11(18)17-10-3-2-8(6-9(10)16)12(13,14)15/h2-3,6H,4-5,7,16H2,1H3,(H,17,18). The number of rotatable bonds is 6. The highest BCUT2D eigenvalue weighted by atomic mass is 19.4. The Hall–Kier alpha value is -1.80. The van der Waals surface area contributed by atoms with Gasteiger partial charge < -0.3 is 20.5 Å². The Balaban J connectivity index is 2.58. The molecule has 0 aromatic heterocycles. The fraction of sp³-hybridized carbons (Fsp3) is 0.417. The maximum atomic E-state index is 12.4. The SMILES string of the molecule is COCCOCC(=O)Nc1ccc(C(F)(F)F)cc1N. The van der Waals surface area contributed by atoms with Gasteiger partial charge in [0.05, 0.1) is 30.2 Å². The van der Waals surface area contributed by atoms with Crippen molar-refractivity contribution in [1.82, 2.24) is 0 Å². The summed E-state index contributed by atoms with van der Waals surface area (Å²) in [5, 5.41) is 2.37. The molecule has 0 bridgehead atoms. The quantitative estimate of drug-likeness (QED) is 0.620. The summed E-state index contributed by atoms with van der Waals surface area (Å²) in [5.41, 5.74) is 4.54. The van der Waals surface area contributed by atoms with E-state index in [1.807, 2.05) is 0 Å². The molecule has 112 valence electrons. The van der Waals surface area contributed by atoms with Gasteiger partial charge in [0.1, 0.15) is 6.61 Å². The molecule has 0 atom stereocenters. The number of alkyl halides is 3. The van der Waals surface area contributed by atoms with E-state index in [0.717, 1.165) is 18.2 Å². The monoisotopic (exact) mass is 292 g/mol. The first kappa shape index (κ1) is 16.3. The molecule has 1 amide bonds. The maximum Gasteiger partial charge on any atom is 0.416 e. The van der Waals surface area contributed by atoms with Gasteiger partial charge in [0, 0.05) is 7.11 Å². The molecule has 20 heavy (non-hydrogen) atoms. The average molecular weight is 292 g/mol. The highest BCUT2D eigenvalue weighted by Gasteiger charge is 2.30. The van der Waals surface area contributed by atoms with Crippen molar-refractivity contribution in [2.24, 2.45) is 0 Å². The van der Waals surface area contributed by atoms with Crippen LogP contribution in [0.4, 0.5) is 24.5 Å². The van der Waals surface area contributed by atoms with Crippen LogP contribution in [-0.4, -0.2) is 32.8 Å². The Morgan fingerprint density at radius 2 is 2.05 bits per heavy atom. The minimum atomic E-state index is -4.47. The van der Waals surface area contributed by atoms with Crippen LogP contribution in [0.25, 0.3) is 0 Å². The van der Waals surface area contributed by atoms with Crippen LogP contribution in [0.3, 0.4) is 0 Å². The molecule has 0 saturated heterocycles. The second-order valence-corrected chi connectivity index (χ2v) is 3.89. The third-order valence-corrected chi connectivity index (χ3v) is 2.32. The predicted molar refractivity (Wildman–Crippen MR) is 67.2 cm³/mol. The van der Waals surface area contributed by atoms with Gasteiger partial charge in [-0.25, -0.2) is 0 Å². The summed E-state index contributed by atoms with van der Waals surface area (Å²) in [6.45, 7) is 0.353. The number of anilines is 2. The molecule has 8 heteroatoms. The molecule has 0 saturated carbocycles. The van der Waals surface area contributed by atoms with Crippen molar-refractivity contribution in [2.45, 2.75) is 6.18 Å². The van der Waals surface area contributed by atoms with Gasteiger partial charge in [0.25, 0.3) is 0 Å². The summed E-state index contributed by atoms with van der Waals surface area (Å²) < 4.78 is 47.0. The number of ether oxygens (including phenoxy) is 2. The van der Waals surface area contributed by atoms with Gasteiger partial charge in [-0.3, -0.25) is 4.79 Å². The number of nitrogens with two attached hydrogens (primary N) is 1. The number of halogens is 3. The molecule has 5 nitrogen and oxygen atoms in total. The summed E-state index contributed by atoms with van der Waals surface area (Å²) in [7, 11) is 1.49. The number of hydrogen-bond donors (Lipinski definition) is 2. The number of amides is 1. The molecule has 1 aromatic carbocycles. The minimum Gasteiger partial charge on any atom is -0.397 e. The van der Waals surface area contributed by atoms with Crippen molar-refractivity contribution in [2.75, 3.05) is 38.0 Å². The normalized spacial score (nSPS) is 11.4. The Morgan fingerprint density at radius 3 is 2.60 bits per heavy atom. The predicted octanol–water partition coefficient (Wildman–Crippen LogP) is 1.89. The lowest BCUT2D eigenvalue weighted by molar-refractivity contribution is -0.137. The summed E-state index contributed by atoms with van der Waals surface area (Å²) in [4.78, 5) is 11.5. The number of methoxy groups -OCH3 is 1. The van der Waals surface area contributed by atoms with Crippen LogP contribution in [0, 0.1) is 0 Å². The number of hydrogen-bond acceptors (Lipinski definition) is 4. The zero-order valence-electron chi connectivity index (χ0n) is 10.8. The molecular formula is C12H15F3N2O3. The van der Waals surface area contributed by atoms with Crippen LogP contribution in [-0.2, 0) is 20.4 Å². The van der Waals surface area contributed by atoms with E-state index in [4.69, 9.17) is 15.2 Å². The Kier molecular flexibility index (Phi) is 5.78. The maximum absolute atomic E-state index is 12.4. The summed E-state index contributed by atoms with van der Waals surface area (Å²) in [5.74, 6) is -0.507. The van der Waals surface area contributed by atoms with Crippen molar-refractivity contribution in [3.63, 3.8) is 0 Å². The van der Waals surface area contributed by atoms with Crippen LogP contribution in [0.1, 0.15) is 5.56 Å². The van der Waals surface area contributed by atoms with Gasteiger partial charge in [-0.05, 0) is 18.2 Å². The molecular weight excluding hydrogens is 277 g/mol. The average Bonchev–Trinajstić information content (AvgIpc) is 2.36. The lowest BCUT2D eigenvalue weighted by Crippen LogP contribution is -2.20. The van der Waals surface area contributed by atoms with Crippen LogP contribution in [0.15, 0.2) is 18.2 Å². The number of carbonyl (C=O) groups is 1. The van der Waals surface area contributed by atoms with Gasteiger partial charge in [-0.15, -0.1) is 0 Å². The van der Waals surface area contributed by atoms with E-state index in [2.05, 4.69) is 5.32 Å². The van der Waals surface area contributed by atoms with E-state index in [9.17, 15) is 18.0 Å². The second kappa shape index (κ2) is 7.11. The zero-order valence-corrected chi connectivity index (χ0v) is 10.8. The molecule has 0 aliphatic carbocycles. The first-order valence-electron chi connectivity index (χ1n) is 5.68. The van der Waals surface area contributed by atoms with Gasteiger partial charge >= 0.3 is 6.18 Å². The number of carbonyl (C=O) groups excluding carboxylic acids is 1. The van der Waals surface area contributed by atoms with E-state index in [1.54, 1.807) is 0 Å². The van der Waals surface area contributed by atoms with E-state index < -0.39 is 17.6 Å². The van der Waals surface area contributed by atoms with Crippen molar-refractivity contribution < 1.29 is 27.4 Å². The third-order valence-electron chi connectivity index (χ3n) is 2.32. The molecule has 1 aromatic rings. The molecule has 0 spiro atoms. The Bertz CT molecular complexity index is 464. The van der Waals surface area contributed by atoms with Gasteiger partial charge in [-0.1, -0.05) is 0 Å². The molecule has 0 aliphatic rings. The molecule has 0 fully saturated rings. The number of nitrogen functional groups attached to an aromatic ring is 1. The number of nitrogens with one attached hydrogen (secondary N) is 1. The molecule has 0 aliphatic heterocycles. The fourth-order valence-electron chi connectivity index (χ4n) is 1.35. The van der Waals surface area contributed by atoms with Crippen LogP contribution < -0.4 is 11.1 Å². The van der Waals surface area contributed by atoms with Gasteiger partial charge in [0.15, 0.2) is 0 Å². The second-order valence-electron chi connectivity index (χ2n) is 3.89. The molecule has 1 rings (SSSR count). The smallest absolute Gasteiger partial charge is 0.397 e. The van der Waals surface area contributed by atoms with Gasteiger partial charge in [-0.2, -0.15) is 13.2 Å². The third kappa shape index (κ3) is 5.06. The molecule has 0 radical (unpaired) electrons. The highest BCUT2D eigenvalue weighted by molar-refractivity contribution is 5.94. The van der Waals surface area contributed by atoms with Crippen molar-refractivity contribution >= 4 is 17.3 Å². The first-order chi connectivity index (χ1) is 9.34. The molecule has 0 unspecified atom stereocenters.